The highest BCUT2D eigenvalue weighted by molar-refractivity contribution is 6.16. The van der Waals surface area contributed by atoms with Gasteiger partial charge in [0, 0.05) is 7.05 Å². The minimum atomic E-state index is -1.05. The van der Waals surface area contributed by atoms with Crippen molar-refractivity contribution in [3.05, 3.63) is 0 Å². The van der Waals surface area contributed by atoms with Crippen LogP contribution in [0.1, 0.15) is 20.8 Å². The fraction of sp³-hybridized carbons (Fsp3) is 0.750. The monoisotopic (exact) mass is 185 g/mol. The van der Waals surface area contributed by atoms with E-state index in [9.17, 15) is 4.79 Å². The van der Waals surface area contributed by atoms with Crippen LogP contribution in [0.4, 0.5) is 0 Å². The lowest BCUT2D eigenvalue weighted by Crippen LogP contribution is -2.54. The average Bonchev–Trinajstić information content (AvgIpc) is 2.31. The summed E-state index contributed by atoms with van der Waals surface area (Å²) >= 11 is 0. The quantitative estimate of drug-likeness (QED) is 0.604. The molecule has 0 radical (unpaired) electrons. The van der Waals surface area contributed by atoms with Gasteiger partial charge >= 0.3 is 0 Å². The van der Waals surface area contributed by atoms with Crippen molar-refractivity contribution in [2.45, 2.75) is 26.3 Å². The second kappa shape index (κ2) is 3.08. The van der Waals surface area contributed by atoms with Crippen LogP contribution < -0.4 is 5.48 Å². The zero-order chi connectivity index (χ0) is 10.2. The minimum Gasteiger partial charge on any atom is -0.315 e. The van der Waals surface area contributed by atoms with Gasteiger partial charge in [-0.3, -0.25) is 4.79 Å². The maximum atomic E-state index is 11.6. The number of rotatable bonds is 2. The van der Waals surface area contributed by atoms with Gasteiger partial charge in [0.2, 0.25) is 0 Å². The highest BCUT2D eigenvalue weighted by Crippen LogP contribution is 2.22. The van der Waals surface area contributed by atoms with Gasteiger partial charge in [-0.2, -0.15) is 10.6 Å². The van der Waals surface area contributed by atoms with Gasteiger partial charge in [0.25, 0.3) is 5.91 Å². The van der Waals surface area contributed by atoms with E-state index in [-0.39, 0.29) is 11.8 Å². The Hall–Kier alpha value is -0.940. The lowest BCUT2D eigenvalue weighted by Gasteiger charge is -2.23. The lowest BCUT2D eigenvalue weighted by molar-refractivity contribution is -0.135. The summed E-state index contributed by atoms with van der Waals surface area (Å²) in [6.07, 6.45) is 0. The highest BCUT2D eigenvalue weighted by atomic mass is 16.5. The van der Waals surface area contributed by atoms with Crippen LogP contribution in [0, 0.1) is 5.92 Å². The minimum absolute atomic E-state index is 0.124. The molecular weight excluding hydrogens is 170 g/mol. The van der Waals surface area contributed by atoms with Crippen molar-refractivity contribution in [2.24, 2.45) is 11.0 Å². The van der Waals surface area contributed by atoms with Crippen LogP contribution in [0.3, 0.4) is 0 Å². The van der Waals surface area contributed by atoms with Gasteiger partial charge in [0.15, 0.2) is 5.54 Å². The van der Waals surface area contributed by atoms with Crippen molar-refractivity contribution in [2.75, 3.05) is 7.05 Å². The standard InChI is InChI=1S/C8H15N3O2/c1-5(2)6-8(3,10-13)7(12)11(4)9-6/h5,10,13H,1-4H3. The predicted octanol–water partition coefficient (Wildman–Crippen LogP) is 0.208. The maximum Gasteiger partial charge on any atom is 0.270 e. The predicted molar refractivity (Wildman–Crippen MR) is 48.4 cm³/mol. The molecule has 0 aromatic carbocycles. The number of hydroxylamine groups is 1. The van der Waals surface area contributed by atoms with Crippen molar-refractivity contribution < 1.29 is 10.0 Å². The molecule has 1 rings (SSSR count). The van der Waals surface area contributed by atoms with Gasteiger partial charge < -0.3 is 5.21 Å². The molecule has 0 aromatic heterocycles. The Morgan fingerprint density at radius 1 is 1.62 bits per heavy atom. The van der Waals surface area contributed by atoms with Gasteiger partial charge in [-0.05, 0) is 12.8 Å². The molecule has 0 spiro atoms. The Bertz CT molecular complexity index is 262. The summed E-state index contributed by atoms with van der Waals surface area (Å²) in [6.45, 7) is 5.49. The third-order valence-electron chi connectivity index (χ3n) is 2.26. The topological polar surface area (TPSA) is 64.9 Å². The van der Waals surface area contributed by atoms with E-state index in [2.05, 4.69) is 5.10 Å². The molecule has 74 valence electrons. The molecule has 5 nitrogen and oxygen atoms in total. The van der Waals surface area contributed by atoms with E-state index >= 15 is 0 Å². The van der Waals surface area contributed by atoms with E-state index in [1.54, 1.807) is 14.0 Å². The molecule has 1 amide bonds. The first-order chi connectivity index (χ1) is 5.93. The van der Waals surface area contributed by atoms with Crippen LogP contribution in [0.5, 0.6) is 0 Å². The summed E-state index contributed by atoms with van der Waals surface area (Å²) in [6, 6.07) is 0. The molecule has 1 heterocycles. The molecule has 0 aliphatic carbocycles. The first-order valence-corrected chi connectivity index (χ1v) is 4.22. The Balaban J connectivity index is 3.07. The van der Waals surface area contributed by atoms with Crippen LogP contribution in [-0.2, 0) is 4.79 Å². The van der Waals surface area contributed by atoms with E-state index in [4.69, 9.17) is 5.21 Å². The highest BCUT2D eigenvalue weighted by Gasteiger charge is 2.46. The fourth-order valence-corrected chi connectivity index (χ4v) is 1.54. The van der Waals surface area contributed by atoms with Crippen molar-refractivity contribution in [1.82, 2.24) is 10.5 Å². The summed E-state index contributed by atoms with van der Waals surface area (Å²) in [5.74, 6) is -0.114. The molecule has 0 saturated carbocycles. The summed E-state index contributed by atoms with van der Waals surface area (Å²) in [7, 11) is 1.58. The molecule has 0 aromatic rings. The van der Waals surface area contributed by atoms with Crippen LogP contribution in [0.15, 0.2) is 5.10 Å². The molecule has 0 bridgehead atoms. The van der Waals surface area contributed by atoms with Crippen LogP contribution in [0.25, 0.3) is 0 Å². The van der Waals surface area contributed by atoms with E-state index in [1.165, 1.54) is 5.01 Å². The average molecular weight is 185 g/mol. The third-order valence-corrected chi connectivity index (χ3v) is 2.26. The van der Waals surface area contributed by atoms with E-state index in [0.717, 1.165) is 0 Å². The first kappa shape index (κ1) is 10.1. The zero-order valence-electron chi connectivity index (χ0n) is 8.33. The Kier molecular flexibility index (Phi) is 2.40. The number of likely N-dealkylation sites (N-methyl/N-ethyl adjacent to an activating group) is 1. The zero-order valence-corrected chi connectivity index (χ0v) is 8.33. The number of carbonyl (C=O) groups is 1. The van der Waals surface area contributed by atoms with Gasteiger partial charge in [0.05, 0.1) is 5.71 Å². The number of nitrogens with one attached hydrogen (secondary N) is 1. The Morgan fingerprint density at radius 2 is 2.15 bits per heavy atom. The molecule has 13 heavy (non-hydrogen) atoms. The number of hydrogen-bond acceptors (Lipinski definition) is 4. The summed E-state index contributed by atoms with van der Waals surface area (Å²) in [4.78, 5) is 11.6. The van der Waals surface area contributed by atoms with E-state index in [0.29, 0.717) is 5.71 Å². The van der Waals surface area contributed by atoms with E-state index < -0.39 is 5.54 Å². The van der Waals surface area contributed by atoms with Crippen molar-refractivity contribution >= 4 is 11.6 Å². The summed E-state index contributed by atoms with van der Waals surface area (Å²) in [5, 5.41) is 14.3. The van der Waals surface area contributed by atoms with Crippen LogP contribution in [0.2, 0.25) is 0 Å². The van der Waals surface area contributed by atoms with Gasteiger partial charge in [0.1, 0.15) is 0 Å². The lowest BCUT2D eigenvalue weighted by atomic mass is 9.89. The number of hydrogen-bond donors (Lipinski definition) is 2. The SMILES string of the molecule is CC(C)C1=NN(C)C(=O)C1(C)NO. The molecule has 1 aliphatic heterocycles. The first-order valence-electron chi connectivity index (χ1n) is 4.22. The number of amides is 1. The third kappa shape index (κ3) is 1.34. The smallest absolute Gasteiger partial charge is 0.270 e. The van der Waals surface area contributed by atoms with Gasteiger partial charge in [-0.25, -0.2) is 5.01 Å². The molecule has 1 atom stereocenters. The molecule has 0 saturated heterocycles. The van der Waals surface area contributed by atoms with Crippen molar-refractivity contribution in [3.63, 3.8) is 0 Å². The van der Waals surface area contributed by atoms with Crippen LogP contribution >= 0.6 is 0 Å². The Morgan fingerprint density at radius 3 is 2.46 bits per heavy atom. The van der Waals surface area contributed by atoms with Crippen LogP contribution in [-0.4, -0.2) is 34.4 Å². The van der Waals surface area contributed by atoms with Gasteiger partial charge in [-0.15, -0.1) is 0 Å². The molecular formula is C8H15N3O2. The molecule has 2 N–H and O–H groups in total. The molecule has 0 fully saturated rings. The second-order valence-corrected chi connectivity index (χ2v) is 3.71. The summed E-state index contributed by atoms with van der Waals surface area (Å²) < 4.78 is 0. The second-order valence-electron chi connectivity index (χ2n) is 3.71. The van der Waals surface area contributed by atoms with Crippen molar-refractivity contribution in [1.29, 1.82) is 0 Å². The van der Waals surface area contributed by atoms with Gasteiger partial charge in [-0.1, -0.05) is 13.8 Å². The maximum absolute atomic E-state index is 11.6. The van der Waals surface area contributed by atoms with E-state index in [1.807, 2.05) is 19.3 Å². The fourth-order valence-electron chi connectivity index (χ4n) is 1.54. The molecule has 1 unspecified atom stereocenters. The normalized spacial score (nSPS) is 28.6. The number of hydrazone groups is 1. The number of carbonyl (C=O) groups excluding carboxylic acids is 1. The van der Waals surface area contributed by atoms with Crippen molar-refractivity contribution in [3.8, 4) is 0 Å². The number of nitrogens with zero attached hydrogens (tertiary/aromatic N) is 2. The summed E-state index contributed by atoms with van der Waals surface area (Å²) in [5.41, 5.74) is 1.63. The largest absolute Gasteiger partial charge is 0.315 e. The molecule has 1 aliphatic rings. The molecule has 5 heteroatoms. The Labute approximate surface area is 77.4 Å².